The molecule has 0 bridgehead atoms. The summed E-state index contributed by atoms with van der Waals surface area (Å²) in [6, 6.07) is 10.4. The van der Waals surface area contributed by atoms with E-state index in [-0.39, 0.29) is 0 Å². The molecule has 3 aromatic rings. The number of hydrogen-bond donors (Lipinski definition) is 0. The van der Waals surface area contributed by atoms with E-state index >= 15 is 0 Å². The van der Waals surface area contributed by atoms with E-state index in [2.05, 4.69) is 50.6 Å². The van der Waals surface area contributed by atoms with Crippen LogP contribution in [0.25, 0.3) is 22.5 Å². The van der Waals surface area contributed by atoms with Crippen molar-refractivity contribution in [2.75, 3.05) is 19.6 Å². The minimum atomic E-state index is 0.847. The van der Waals surface area contributed by atoms with Gasteiger partial charge in [0.25, 0.3) is 0 Å². The largest absolute Gasteiger partial charge is 0.329 e. The van der Waals surface area contributed by atoms with Crippen LogP contribution in [-0.2, 0) is 13.0 Å². The molecule has 5 heteroatoms. The molecule has 0 spiro atoms. The zero-order valence-electron chi connectivity index (χ0n) is 16.0. The van der Waals surface area contributed by atoms with E-state index in [1.165, 1.54) is 32.4 Å². The molecule has 4 rings (SSSR count). The molecule has 0 amide bonds. The third-order valence-electron chi connectivity index (χ3n) is 5.29. The summed E-state index contributed by atoms with van der Waals surface area (Å²) >= 11 is 0. The molecule has 5 nitrogen and oxygen atoms in total. The summed E-state index contributed by atoms with van der Waals surface area (Å²) in [5.41, 5.74) is 4.27. The van der Waals surface area contributed by atoms with Crippen molar-refractivity contribution in [2.24, 2.45) is 0 Å². The molecular weight excluding hydrogens is 334 g/mol. The molecule has 1 fully saturated rings. The fraction of sp³-hybridized carbons (Fsp3) is 0.409. The van der Waals surface area contributed by atoms with E-state index in [9.17, 15) is 0 Å². The van der Waals surface area contributed by atoms with Gasteiger partial charge < -0.3 is 9.47 Å². The van der Waals surface area contributed by atoms with Crippen molar-refractivity contribution in [2.45, 2.75) is 39.2 Å². The molecule has 1 aliphatic heterocycles. The van der Waals surface area contributed by atoms with Gasteiger partial charge in [-0.15, -0.1) is 0 Å². The quantitative estimate of drug-likeness (QED) is 0.664. The van der Waals surface area contributed by atoms with Gasteiger partial charge in [-0.3, -0.25) is 0 Å². The van der Waals surface area contributed by atoms with Gasteiger partial charge in [-0.25, -0.2) is 15.0 Å². The van der Waals surface area contributed by atoms with E-state index in [4.69, 9.17) is 4.98 Å². The van der Waals surface area contributed by atoms with Gasteiger partial charge in [-0.05, 0) is 25.9 Å². The second kappa shape index (κ2) is 8.44. The molecule has 0 atom stereocenters. The van der Waals surface area contributed by atoms with Crippen LogP contribution in [0, 0.1) is 0 Å². The molecule has 0 aliphatic carbocycles. The summed E-state index contributed by atoms with van der Waals surface area (Å²) < 4.78 is 2.27. The van der Waals surface area contributed by atoms with Gasteiger partial charge in [-0.1, -0.05) is 43.7 Å². The summed E-state index contributed by atoms with van der Waals surface area (Å²) in [5.74, 6) is 0.874. The number of nitrogens with zero attached hydrogens (tertiary/aromatic N) is 5. The van der Waals surface area contributed by atoms with E-state index in [1.54, 1.807) is 0 Å². The van der Waals surface area contributed by atoms with E-state index in [1.807, 2.05) is 24.8 Å². The second-order valence-electron chi connectivity index (χ2n) is 7.15. The molecule has 2 aromatic heterocycles. The number of aryl methyl sites for hydroxylation is 1. The van der Waals surface area contributed by atoms with Crippen molar-refractivity contribution in [1.29, 1.82) is 0 Å². The Hall–Kier alpha value is -2.53. The lowest BCUT2D eigenvalue weighted by atomic mass is 10.1. The SMILES string of the molecule is CCc1ncc(-c2c(-c3ccccc3)ncn2CCN2CCCCC2)cn1. The second-order valence-corrected chi connectivity index (χ2v) is 7.15. The minimum absolute atomic E-state index is 0.847. The third-order valence-corrected chi connectivity index (χ3v) is 5.29. The van der Waals surface area contributed by atoms with Gasteiger partial charge >= 0.3 is 0 Å². The Morgan fingerprint density at radius 2 is 1.59 bits per heavy atom. The smallest absolute Gasteiger partial charge is 0.127 e. The number of hydrogen-bond acceptors (Lipinski definition) is 4. The molecule has 0 unspecified atom stereocenters. The maximum Gasteiger partial charge on any atom is 0.127 e. The van der Waals surface area contributed by atoms with Crippen LogP contribution >= 0.6 is 0 Å². The van der Waals surface area contributed by atoms with Gasteiger partial charge in [0.1, 0.15) is 5.82 Å². The van der Waals surface area contributed by atoms with Crippen LogP contribution in [0.3, 0.4) is 0 Å². The zero-order chi connectivity index (χ0) is 18.5. The highest BCUT2D eigenvalue weighted by molar-refractivity contribution is 5.77. The Labute approximate surface area is 161 Å². The van der Waals surface area contributed by atoms with Crippen LogP contribution in [0.4, 0.5) is 0 Å². The molecule has 3 heterocycles. The van der Waals surface area contributed by atoms with Crippen molar-refractivity contribution in [1.82, 2.24) is 24.4 Å². The van der Waals surface area contributed by atoms with Crippen molar-refractivity contribution in [3.05, 3.63) is 54.9 Å². The third kappa shape index (κ3) is 4.08. The van der Waals surface area contributed by atoms with Gasteiger partial charge in [0.05, 0.1) is 17.7 Å². The van der Waals surface area contributed by atoms with Gasteiger partial charge in [0.15, 0.2) is 0 Å². The highest BCUT2D eigenvalue weighted by Crippen LogP contribution is 2.30. The molecule has 0 N–H and O–H groups in total. The first-order valence-electron chi connectivity index (χ1n) is 9.99. The summed E-state index contributed by atoms with van der Waals surface area (Å²) in [6.07, 6.45) is 10.7. The highest BCUT2D eigenvalue weighted by atomic mass is 15.2. The number of rotatable bonds is 6. The van der Waals surface area contributed by atoms with Gasteiger partial charge in [0.2, 0.25) is 0 Å². The van der Waals surface area contributed by atoms with Crippen LogP contribution in [0.15, 0.2) is 49.1 Å². The summed E-state index contributed by atoms with van der Waals surface area (Å²) in [5, 5.41) is 0. The van der Waals surface area contributed by atoms with E-state index < -0.39 is 0 Å². The van der Waals surface area contributed by atoms with E-state index in [0.29, 0.717) is 0 Å². The Morgan fingerprint density at radius 1 is 0.852 bits per heavy atom. The van der Waals surface area contributed by atoms with Crippen LogP contribution in [0.2, 0.25) is 0 Å². The number of benzene rings is 1. The Bertz CT molecular complexity index is 848. The first-order chi connectivity index (χ1) is 13.3. The predicted octanol–water partition coefficient (Wildman–Crippen LogP) is 4.06. The van der Waals surface area contributed by atoms with Crippen LogP contribution < -0.4 is 0 Å². The average Bonchev–Trinajstić information content (AvgIpc) is 3.17. The average molecular weight is 361 g/mol. The molecule has 0 saturated carbocycles. The Kier molecular flexibility index (Phi) is 5.58. The summed E-state index contributed by atoms with van der Waals surface area (Å²) in [6.45, 7) is 6.50. The van der Waals surface area contributed by atoms with Crippen molar-refractivity contribution < 1.29 is 0 Å². The topological polar surface area (TPSA) is 46.8 Å². The lowest BCUT2D eigenvalue weighted by Crippen LogP contribution is -2.32. The van der Waals surface area contributed by atoms with Gasteiger partial charge in [0, 0.05) is 43.0 Å². The molecular formula is C22H27N5. The van der Waals surface area contributed by atoms with E-state index in [0.717, 1.165) is 47.8 Å². The number of imidazole rings is 1. The van der Waals surface area contributed by atoms with Crippen molar-refractivity contribution >= 4 is 0 Å². The number of piperidine rings is 1. The first-order valence-corrected chi connectivity index (χ1v) is 9.99. The lowest BCUT2D eigenvalue weighted by Gasteiger charge is -2.26. The molecule has 1 saturated heterocycles. The summed E-state index contributed by atoms with van der Waals surface area (Å²) in [4.78, 5) is 16.4. The van der Waals surface area contributed by atoms with Crippen molar-refractivity contribution in [3.8, 4) is 22.5 Å². The number of likely N-dealkylation sites (tertiary alicyclic amines) is 1. The van der Waals surface area contributed by atoms with Gasteiger partial charge in [-0.2, -0.15) is 0 Å². The number of aromatic nitrogens is 4. The summed E-state index contributed by atoms with van der Waals surface area (Å²) in [7, 11) is 0. The zero-order valence-corrected chi connectivity index (χ0v) is 16.0. The van der Waals surface area contributed by atoms with Crippen LogP contribution in [0.1, 0.15) is 32.0 Å². The molecule has 140 valence electrons. The highest BCUT2D eigenvalue weighted by Gasteiger charge is 2.17. The standard InChI is InChI=1S/C22H27N5/c1-2-20-23-15-19(16-24-20)22-21(18-9-5-3-6-10-18)25-17-27(22)14-13-26-11-7-4-8-12-26/h3,5-6,9-10,15-17H,2,4,7-8,11-14H2,1H3. The maximum atomic E-state index is 4.76. The Balaban J connectivity index is 1.66. The van der Waals surface area contributed by atoms with Crippen molar-refractivity contribution in [3.63, 3.8) is 0 Å². The fourth-order valence-electron chi connectivity index (χ4n) is 3.75. The Morgan fingerprint density at radius 3 is 2.30 bits per heavy atom. The fourth-order valence-corrected chi connectivity index (χ4v) is 3.75. The maximum absolute atomic E-state index is 4.76. The monoisotopic (exact) mass is 361 g/mol. The first kappa shape index (κ1) is 17.9. The molecule has 27 heavy (non-hydrogen) atoms. The molecule has 1 aliphatic rings. The normalized spacial score (nSPS) is 15.1. The lowest BCUT2D eigenvalue weighted by molar-refractivity contribution is 0.221. The predicted molar refractivity (Wildman–Crippen MR) is 108 cm³/mol. The van der Waals surface area contributed by atoms with Crippen LogP contribution in [-0.4, -0.2) is 44.1 Å². The molecule has 0 radical (unpaired) electrons. The minimum Gasteiger partial charge on any atom is -0.329 e. The molecule has 1 aromatic carbocycles. The van der Waals surface area contributed by atoms with Crippen LogP contribution in [0.5, 0.6) is 0 Å².